The highest BCUT2D eigenvalue weighted by atomic mass is 35.5. The van der Waals surface area contributed by atoms with Crippen LogP contribution in [0.5, 0.6) is 23.0 Å². The van der Waals surface area contributed by atoms with Gasteiger partial charge in [-0.15, -0.1) is 0 Å². The van der Waals surface area contributed by atoms with Gasteiger partial charge in [0.1, 0.15) is 5.60 Å². The first-order chi connectivity index (χ1) is 17.1. The van der Waals surface area contributed by atoms with Gasteiger partial charge in [0, 0.05) is 27.3 Å². The van der Waals surface area contributed by atoms with E-state index < -0.39 is 5.60 Å². The van der Waals surface area contributed by atoms with Crippen molar-refractivity contribution in [2.24, 2.45) is 0 Å². The van der Waals surface area contributed by atoms with Gasteiger partial charge in [-0.3, -0.25) is 0 Å². The first-order valence-corrected chi connectivity index (χ1v) is 11.8. The Hall–Kier alpha value is -4.05. The minimum atomic E-state index is -1.43. The molecule has 7 rings (SSSR count). The molecule has 1 aliphatic carbocycles. The van der Waals surface area contributed by atoms with Crippen molar-refractivity contribution in [2.75, 3.05) is 0 Å². The lowest BCUT2D eigenvalue weighted by Crippen LogP contribution is -2.27. The van der Waals surface area contributed by atoms with E-state index in [1.54, 1.807) is 0 Å². The summed E-state index contributed by atoms with van der Waals surface area (Å²) < 4.78 is 12.4. The molecule has 168 valence electrons. The molecule has 5 aromatic rings. The first-order valence-electron chi connectivity index (χ1n) is 11.4. The van der Waals surface area contributed by atoms with Crippen LogP contribution in [0, 0.1) is 0 Å². The second-order valence-corrected chi connectivity index (χ2v) is 9.19. The molecule has 0 amide bonds. The van der Waals surface area contributed by atoms with E-state index in [-0.39, 0.29) is 0 Å². The molecule has 2 aliphatic rings. The van der Waals surface area contributed by atoms with Crippen molar-refractivity contribution in [1.82, 2.24) is 0 Å². The molecule has 3 nitrogen and oxygen atoms in total. The average molecular weight is 475 g/mol. The van der Waals surface area contributed by atoms with Crippen LogP contribution < -0.4 is 9.47 Å². The number of halogens is 1. The van der Waals surface area contributed by atoms with Gasteiger partial charge >= 0.3 is 0 Å². The fraction of sp³-hybridized carbons (Fsp3) is 0.0323. The third-order valence-electron chi connectivity index (χ3n) is 6.84. The molecule has 1 atom stereocenters. The predicted octanol–water partition coefficient (Wildman–Crippen LogP) is 8.17. The monoisotopic (exact) mass is 474 g/mol. The highest BCUT2D eigenvalue weighted by Crippen LogP contribution is 2.58. The minimum Gasteiger partial charge on any atom is -0.449 e. The average Bonchev–Trinajstić information content (AvgIpc) is 3.16. The number of ether oxygens (including phenoxy) is 2. The van der Waals surface area contributed by atoms with Crippen molar-refractivity contribution in [2.45, 2.75) is 5.60 Å². The van der Waals surface area contributed by atoms with E-state index in [0.29, 0.717) is 33.6 Å². The summed E-state index contributed by atoms with van der Waals surface area (Å²) in [6.45, 7) is 0. The Labute approximate surface area is 207 Å². The molecular weight excluding hydrogens is 456 g/mol. The Morgan fingerprint density at radius 1 is 0.543 bits per heavy atom. The number of hydrogen-bond donors (Lipinski definition) is 1. The van der Waals surface area contributed by atoms with Crippen LogP contribution in [-0.4, -0.2) is 5.11 Å². The predicted molar refractivity (Wildman–Crippen MR) is 137 cm³/mol. The third-order valence-corrected chi connectivity index (χ3v) is 7.15. The van der Waals surface area contributed by atoms with Crippen molar-refractivity contribution < 1.29 is 14.6 Å². The zero-order valence-electron chi connectivity index (χ0n) is 18.5. The van der Waals surface area contributed by atoms with E-state index >= 15 is 0 Å². The molecule has 0 saturated carbocycles. The number of fused-ring (bicyclic) bond motifs is 5. The molecule has 5 aromatic carbocycles. The number of para-hydroxylation sites is 2. The summed E-state index contributed by atoms with van der Waals surface area (Å²) in [5.74, 6) is 2.44. The van der Waals surface area contributed by atoms with Crippen LogP contribution in [0.1, 0.15) is 16.7 Å². The van der Waals surface area contributed by atoms with Crippen LogP contribution in [0.25, 0.3) is 22.3 Å². The second-order valence-electron chi connectivity index (χ2n) is 8.78. The van der Waals surface area contributed by atoms with Gasteiger partial charge in [0.2, 0.25) is 0 Å². The molecule has 0 spiro atoms. The van der Waals surface area contributed by atoms with Gasteiger partial charge in [-0.05, 0) is 47.0 Å². The first kappa shape index (κ1) is 20.3. The van der Waals surface area contributed by atoms with Crippen LogP contribution >= 0.6 is 11.6 Å². The molecule has 0 bridgehead atoms. The molecule has 0 aromatic heterocycles. The largest absolute Gasteiger partial charge is 0.449 e. The lowest BCUT2D eigenvalue weighted by Gasteiger charge is -2.30. The Bertz CT molecular complexity index is 1630. The Kier molecular flexibility index (Phi) is 4.34. The van der Waals surface area contributed by atoms with Gasteiger partial charge in [0.25, 0.3) is 0 Å². The van der Waals surface area contributed by atoms with Crippen LogP contribution in [0.15, 0.2) is 109 Å². The van der Waals surface area contributed by atoms with Gasteiger partial charge in [0.05, 0.1) is 0 Å². The van der Waals surface area contributed by atoms with E-state index in [2.05, 4.69) is 12.1 Å². The van der Waals surface area contributed by atoms with Crippen molar-refractivity contribution in [1.29, 1.82) is 0 Å². The summed E-state index contributed by atoms with van der Waals surface area (Å²) in [5.41, 5.74) is 4.42. The summed E-state index contributed by atoms with van der Waals surface area (Å²) in [4.78, 5) is 0. The molecule has 1 N–H and O–H groups in total. The Morgan fingerprint density at radius 3 is 1.94 bits per heavy atom. The standard InChI is InChI=1S/C31H19ClO3/c32-25-14-8-13-23-30(25)21-17-28-29(35-27-16-7-6-15-26(27)34-28)18-24(21)31(23,33)22-12-5-4-11-20(22)19-9-2-1-3-10-19/h1-18,33H. The fourth-order valence-corrected chi connectivity index (χ4v) is 5.56. The summed E-state index contributed by atoms with van der Waals surface area (Å²) >= 11 is 6.75. The number of hydrogen-bond acceptors (Lipinski definition) is 3. The van der Waals surface area contributed by atoms with Crippen molar-refractivity contribution in [3.8, 4) is 45.3 Å². The van der Waals surface area contributed by atoms with Crippen LogP contribution in [0.4, 0.5) is 0 Å². The number of rotatable bonds is 2. The lowest BCUT2D eigenvalue weighted by atomic mass is 9.80. The molecule has 1 unspecified atom stereocenters. The molecule has 0 saturated heterocycles. The Morgan fingerprint density at radius 2 is 1.17 bits per heavy atom. The second kappa shape index (κ2) is 7.47. The summed E-state index contributed by atoms with van der Waals surface area (Å²) in [6.07, 6.45) is 0. The Balaban J connectivity index is 1.51. The zero-order chi connectivity index (χ0) is 23.6. The molecule has 4 heteroatoms. The third kappa shape index (κ3) is 2.89. The zero-order valence-corrected chi connectivity index (χ0v) is 19.3. The summed E-state index contributed by atoms with van der Waals surface area (Å²) in [7, 11) is 0. The maximum Gasteiger partial charge on any atom is 0.170 e. The topological polar surface area (TPSA) is 38.7 Å². The van der Waals surface area contributed by atoms with Crippen LogP contribution in [0.3, 0.4) is 0 Å². The maximum absolute atomic E-state index is 12.7. The lowest BCUT2D eigenvalue weighted by molar-refractivity contribution is 0.131. The minimum absolute atomic E-state index is 0.557. The highest BCUT2D eigenvalue weighted by molar-refractivity contribution is 6.34. The molecule has 1 aliphatic heterocycles. The molecule has 0 fully saturated rings. The van der Waals surface area contributed by atoms with Gasteiger partial charge in [-0.1, -0.05) is 90.5 Å². The van der Waals surface area contributed by atoms with Crippen molar-refractivity contribution in [3.05, 3.63) is 131 Å². The van der Waals surface area contributed by atoms with E-state index in [1.165, 1.54) is 0 Å². The molecular formula is C31H19ClO3. The van der Waals surface area contributed by atoms with Gasteiger partial charge in [-0.2, -0.15) is 0 Å². The van der Waals surface area contributed by atoms with Gasteiger partial charge in [-0.25, -0.2) is 0 Å². The molecule has 35 heavy (non-hydrogen) atoms. The highest BCUT2D eigenvalue weighted by Gasteiger charge is 2.46. The molecule has 1 heterocycles. The van der Waals surface area contributed by atoms with Gasteiger partial charge < -0.3 is 14.6 Å². The van der Waals surface area contributed by atoms with E-state index in [9.17, 15) is 5.11 Å². The quantitative estimate of drug-likeness (QED) is 0.275. The smallest absolute Gasteiger partial charge is 0.170 e. The fourth-order valence-electron chi connectivity index (χ4n) is 5.28. The maximum atomic E-state index is 12.7. The number of benzene rings is 5. The van der Waals surface area contributed by atoms with Gasteiger partial charge in [0.15, 0.2) is 23.0 Å². The van der Waals surface area contributed by atoms with Crippen molar-refractivity contribution in [3.63, 3.8) is 0 Å². The van der Waals surface area contributed by atoms with Crippen LogP contribution in [0.2, 0.25) is 5.02 Å². The van der Waals surface area contributed by atoms with E-state index in [4.69, 9.17) is 21.1 Å². The van der Waals surface area contributed by atoms with Crippen LogP contribution in [-0.2, 0) is 5.60 Å². The summed E-state index contributed by atoms with van der Waals surface area (Å²) in [5, 5.41) is 13.3. The SMILES string of the molecule is OC1(c2ccccc2-c2ccccc2)c2cc3c(cc2-c2c(Cl)cccc21)Oc1ccccc1O3. The normalized spacial score (nSPS) is 16.9. The van der Waals surface area contributed by atoms with E-state index in [1.807, 2.05) is 97.1 Å². The summed E-state index contributed by atoms with van der Waals surface area (Å²) in [6, 6.07) is 35.1. The molecule has 0 radical (unpaired) electrons. The van der Waals surface area contributed by atoms with Crippen molar-refractivity contribution >= 4 is 11.6 Å². The van der Waals surface area contributed by atoms with E-state index in [0.717, 1.165) is 33.4 Å². The number of aliphatic hydroxyl groups is 1.